The summed E-state index contributed by atoms with van der Waals surface area (Å²) in [7, 11) is 0. The van der Waals surface area contributed by atoms with E-state index < -0.39 is 12.1 Å². The molecule has 2 N–H and O–H groups in total. The van der Waals surface area contributed by atoms with Gasteiger partial charge in [-0.25, -0.2) is 4.79 Å². The molecule has 1 amide bonds. The molecular weight excluding hydrogens is 489 g/mol. The minimum absolute atomic E-state index is 0.161. The third kappa shape index (κ3) is 7.50. The van der Waals surface area contributed by atoms with Gasteiger partial charge in [0.2, 0.25) is 5.91 Å². The predicted octanol–water partition coefficient (Wildman–Crippen LogP) is 5.04. The lowest BCUT2D eigenvalue weighted by molar-refractivity contribution is -0.192. The minimum Gasteiger partial charge on any atom is -0.487 e. The van der Waals surface area contributed by atoms with Gasteiger partial charge in [0, 0.05) is 32.0 Å². The van der Waals surface area contributed by atoms with E-state index in [9.17, 15) is 18.0 Å². The van der Waals surface area contributed by atoms with Crippen molar-refractivity contribution in [3.8, 4) is 5.75 Å². The number of carboxylic acids is 1. The van der Waals surface area contributed by atoms with Crippen LogP contribution in [0.5, 0.6) is 5.75 Å². The number of carbonyl (C=O) groups is 2. The number of fused-ring (bicyclic) bond motifs is 1. The van der Waals surface area contributed by atoms with E-state index in [0.29, 0.717) is 12.3 Å². The molecular formula is C27H33F3N2O5. The average Bonchev–Trinajstić information content (AvgIpc) is 3.59. The van der Waals surface area contributed by atoms with Gasteiger partial charge in [0.1, 0.15) is 22.9 Å². The highest BCUT2D eigenvalue weighted by atomic mass is 19.4. The standard InChI is InChI=1S/C25H32N2O3.C2HF3O2/c1-18-6-9-21(29-18)17-27-12-10-25(11-13-27)15-20(14-24(28)26-16-19-7-8-19)22-4-2-3-5-23(22)30-25;3-2(4,5)1(6)7/h2-6,9,19-20H,7-8,10-17H2,1H3,(H,26,28);(H,6,7). The summed E-state index contributed by atoms with van der Waals surface area (Å²) in [6.45, 7) is 5.66. The Labute approximate surface area is 214 Å². The number of piperidine rings is 1. The fourth-order valence-corrected chi connectivity index (χ4v) is 5.02. The second-order valence-corrected chi connectivity index (χ2v) is 10.3. The van der Waals surface area contributed by atoms with Gasteiger partial charge in [0.15, 0.2) is 0 Å². The lowest BCUT2D eigenvalue weighted by atomic mass is 9.76. The van der Waals surface area contributed by atoms with Crippen LogP contribution >= 0.6 is 0 Å². The summed E-state index contributed by atoms with van der Waals surface area (Å²) >= 11 is 0. The molecule has 2 aliphatic heterocycles. The third-order valence-corrected chi connectivity index (χ3v) is 7.21. The van der Waals surface area contributed by atoms with Crippen molar-refractivity contribution in [3.05, 3.63) is 53.5 Å². The van der Waals surface area contributed by atoms with Gasteiger partial charge >= 0.3 is 12.1 Å². The molecule has 3 aliphatic rings. The van der Waals surface area contributed by atoms with E-state index in [1.807, 2.05) is 19.1 Å². The molecule has 1 atom stereocenters. The van der Waals surface area contributed by atoms with Crippen LogP contribution in [0.15, 0.2) is 40.8 Å². The van der Waals surface area contributed by atoms with Crippen LogP contribution in [0.4, 0.5) is 13.2 Å². The van der Waals surface area contributed by atoms with Gasteiger partial charge in [0.05, 0.1) is 6.54 Å². The smallest absolute Gasteiger partial charge is 0.487 e. The van der Waals surface area contributed by atoms with Gasteiger partial charge in [-0.2, -0.15) is 13.2 Å². The van der Waals surface area contributed by atoms with E-state index in [1.165, 1.54) is 18.4 Å². The first kappa shape index (κ1) is 27.0. The monoisotopic (exact) mass is 522 g/mol. The zero-order valence-corrected chi connectivity index (χ0v) is 20.9. The molecule has 202 valence electrons. The Kier molecular flexibility index (Phi) is 8.16. The summed E-state index contributed by atoms with van der Waals surface area (Å²) in [5, 5.41) is 10.3. The summed E-state index contributed by atoms with van der Waals surface area (Å²) in [6.07, 6.45) is 0.899. The minimum atomic E-state index is -5.08. The van der Waals surface area contributed by atoms with Crippen molar-refractivity contribution >= 4 is 11.9 Å². The number of amides is 1. The summed E-state index contributed by atoms with van der Waals surface area (Å²) in [5.74, 6) is 1.34. The zero-order chi connectivity index (χ0) is 26.6. The van der Waals surface area contributed by atoms with Crippen LogP contribution in [0, 0.1) is 12.8 Å². The summed E-state index contributed by atoms with van der Waals surface area (Å²) in [5.41, 5.74) is 1.03. The molecule has 37 heavy (non-hydrogen) atoms. The van der Waals surface area contributed by atoms with Crippen molar-refractivity contribution in [2.75, 3.05) is 19.6 Å². The molecule has 1 aliphatic carbocycles. The Balaban J connectivity index is 0.000000405. The fraction of sp³-hybridized carbons (Fsp3) is 0.556. The second-order valence-electron chi connectivity index (χ2n) is 10.3. The molecule has 1 saturated heterocycles. The number of aryl methyl sites for hydroxylation is 1. The molecule has 0 radical (unpaired) electrons. The van der Waals surface area contributed by atoms with Crippen LogP contribution in [-0.2, 0) is 16.1 Å². The molecule has 1 unspecified atom stereocenters. The molecule has 5 rings (SSSR count). The second kappa shape index (κ2) is 11.2. The maximum atomic E-state index is 12.6. The van der Waals surface area contributed by atoms with Gasteiger partial charge in [-0.15, -0.1) is 0 Å². The molecule has 7 nitrogen and oxygen atoms in total. The molecule has 0 bridgehead atoms. The number of furan rings is 1. The number of benzene rings is 1. The van der Waals surface area contributed by atoms with E-state index in [2.05, 4.69) is 34.5 Å². The van der Waals surface area contributed by atoms with Crippen molar-refractivity contribution in [2.24, 2.45) is 5.92 Å². The topological polar surface area (TPSA) is 92.0 Å². The highest BCUT2D eigenvalue weighted by Gasteiger charge is 2.43. The van der Waals surface area contributed by atoms with E-state index >= 15 is 0 Å². The zero-order valence-electron chi connectivity index (χ0n) is 20.9. The van der Waals surface area contributed by atoms with Crippen molar-refractivity contribution in [1.29, 1.82) is 0 Å². The highest BCUT2D eigenvalue weighted by Crippen LogP contribution is 2.46. The number of halogens is 3. The number of rotatable bonds is 6. The maximum absolute atomic E-state index is 12.6. The molecule has 1 aromatic carbocycles. The van der Waals surface area contributed by atoms with Gasteiger partial charge in [-0.05, 0) is 68.7 Å². The molecule has 2 aromatic rings. The number of nitrogens with zero attached hydrogens (tertiary/aromatic N) is 1. The van der Waals surface area contributed by atoms with E-state index in [4.69, 9.17) is 19.1 Å². The Bertz CT molecular complexity index is 1090. The van der Waals surface area contributed by atoms with Crippen molar-refractivity contribution in [2.45, 2.75) is 69.7 Å². The third-order valence-electron chi connectivity index (χ3n) is 7.21. The van der Waals surface area contributed by atoms with Crippen molar-refractivity contribution < 1.29 is 37.0 Å². The number of hydrogen-bond acceptors (Lipinski definition) is 5. The largest absolute Gasteiger partial charge is 0.490 e. The number of carbonyl (C=O) groups excluding carboxylic acids is 1. The molecule has 1 spiro atoms. The quantitative estimate of drug-likeness (QED) is 0.553. The van der Waals surface area contributed by atoms with Gasteiger partial charge in [-0.3, -0.25) is 9.69 Å². The van der Waals surface area contributed by atoms with Crippen LogP contribution in [-0.4, -0.2) is 53.3 Å². The highest BCUT2D eigenvalue weighted by molar-refractivity contribution is 5.77. The normalized spacial score (nSPS) is 20.8. The fourth-order valence-electron chi connectivity index (χ4n) is 5.02. The first-order valence-corrected chi connectivity index (χ1v) is 12.7. The number of hydrogen-bond donors (Lipinski definition) is 2. The average molecular weight is 523 g/mol. The first-order valence-electron chi connectivity index (χ1n) is 12.7. The van der Waals surface area contributed by atoms with Crippen molar-refractivity contribution in [3.63, 3.8) is 0 Å². The van der Waals surface area contributed by atoms with Crippen molar-refractivity contribution in [1.82, 2.24) is 10.2 Å². The molecule has 1 saturated carbocycles. The Morgan fingerprint density at radius 2 is 1.81 bits per heavy atom. The Morgan fingerprint density at radius 1 is 1.14 bits per heavy atom. The van der Waals surface area contributed by atoms with Crippen LogP contribution in [0.1, 0.15) is 61.5 Å². The predicted molar refractivity (Wildman–Crippen MR) is 129 cm³/mol. The van der Waals surface area contributed by atoms with Gasteiger partial charge < -0.3 is 19.6 Å². The number of carboxylic acid groups (broad SMARTS) is 1. The molecule has 10 heteroatoms. The van der Waals surface area contributed by atoms with Gasteiger partial charge in [-0.1, -0.05) is 18.2 Å². The van der Waals surface area contributed by atoms with E-state index in [1.54, 1.807) is 0 Å². The van der Waals surface area contributed by atoms with Crippen LogP contribution in [0.25, 0.3) is 0 Å². The maximum Gasteiger partial charge on any atom is 0.490 e. The van der Waals surface area contributed by atoms with Crippen LogP contribution in [0.3, 0.4) is 0 Å². The number of aliphatic carboxylic acids is 1. The van der Waals surface area contributed by atoms with Crippen LogP contribution in [0.2, 0.25) is 0 Å². The number of likely N-dealkylation sites (tertiary alicyclic amines) is 1. The van der Waals surface area contributed by atoms with E-state index in [0.717, 1.165) is 62.7 Å². The lowest BCUT2D eigenvalue weighted by Gasteiger charge is -2.46. The number of nitrogens with one attached hydrogen (secondary N) is 1. The number of alkyl halides is 3. The van der Waals surface area contributed by atoms with Gasteiger partial charge in [0.25, 0.3) is 0 Å². The van der Waals surface area contributed by atoms with E-state index in [-0.39, 0.29) is 17.4 Å². The first-order chi connectivity index (χ1) is 17.5. The Hall–Kier alpha value is -3.01. The summed E-state index contributed by atoms with van der Waals surface area (Å²) in [4.78, 5) is 24.0. The Morgan fingerprint density at radius 3 is 2.41 bits per heavy atom. The van der Waals surface area contributed by atoms with Crippen LogP contribution < -0.4 is 10.1 Å². The SMILES string of the molecule is Cc1ccc(CN2CCC3(CC2)CC(CC(=O)NCC2CC2)c2ccccc2O3)o1.O=C(O)C(F)(F)F. The summed E-state index contributed by atoms with van der Waals surface area (Å²) < 4.78 is 44.1. The number of ether oxygens (including phenoxy) is 1. The lowest BCUT2D eigenvalue weighted by Crippen LogP contribution is -2.50. The number of para-hydroxylation sites is 1. The molecule has 3 heterocycles. The summed E-state index contributed by atoms with van der Waals surface area (Å²) in [6, 6.07) is 12.4. The molecule has 2 fully saturated rings. The molecule has 1 aromatic heterocycles.